The Morgan fingerprint density at radius 1 is 1.22 bits per heavy atom. The van der Waals surface area contributed by atoms with E-state index in [1.165, 1.54) is 5.56 Å². The van der Waals surface area contributed by atoms with Gasteiger partial charge >= 0.3 is 0 Å². The van der Waals surface area contributed by atoms with Crippen LogP contribution in [-0.4, -0.2) is 51.8 Å². The number of rotatable bonds is 3. The molecule has 23 heavy (non-hydrogen) atoms. The Morgan fingerprint density at radius 2 is 2.00 bits per heavy atom. The van der Waals surface area contributed by atoms with Crippen LogP contribution in [0.15, 0.2) is 30.7 Å². The molecule has 6 heteroatoms. The minimum atomic E-state index is -0.378. The Hall–Kier alpha value is -1.76. The highest BCUT2D eigenvalue weighted by molar-refractivity contribution is 5.61. The zero-order valence-electron chi connectivity index (χ0n) is 13.4. The van der Waals surface area contributed by atoms with Crippen molar-refractivity contribution >= 4 is 0 Å². The summed E-state index contributed by atoms with van der Waals surface area (Å²) >= 11 is 0. The summed E-state index contributed by atoms with van der Waals surface area (Å²) in [6.07, 6.45) is 7.82. The fraction of sp³-hybridized carbons (Fsp3) is 0.529. The Kier molecular flexibility index (Phi) is 3.88. The second-order valence-corrected chi connectivity index (χ2v) is 6.33. The first-order chi connectivity index (χ1) is 11.2. The molecule has 0 bridgehead atoms. The summed E-state index contributed by atoms with van der Waals surface area (Å²) in [5.41, 5.74) is 3.37. The molecule has 2 fully saturated rings. The van der Waals surface area contributed by atoms with Gasteiger partial charge < -0.3 is 9.47 Å². The molecule has 2 aliphatic heterocycles. The Morgan fingerprint density at radius 3 is 2.78 bits per heavy atom. The molecule has 0 N–H and O–H groups in total. The molecular formula is C17H22N4O2. The molecule has 0 aliphatic carbocycles. The van der Waals surface area contributed by atoms with Crippen molar-refractivity contribution in [3.63, 3.8) is 0 Å². The quantitative estimate of drug-likeness (QED) is 0.865. The van der Waals surface area contributed by atoms with Crippen molar-refractivity contribution in [3.8, 4) is 11.3 Å². The normalized spacial score (nSPS) is 21.1. The molecule has 122 valence electrons. The summed E-state index contributed by atoms with van der Waals surface area (Å²) in [4.78, 5) is 6.51. The van der Waals surface area contributed by atoms with Crippen LogP contribution < -0.4 is 0 Å². The van der Waals surface area contributed by atoms with Crippen LogP contribution in [0.4, 0.5) is 0 Å². The molecule has 1 spiro atoms. The maximum absolute atomic E-state index is 5.88. The standard InChI is InChI=1S/C17H22N4O2/c1-20-11-15(16(19-20)14-3-6-18-7-4-14)12-21-8-2-5-17(13-21)22-9-10-23-17/h3-4,6-7,11H,2,5,8-10,12-13H2,1H3. The second-order valence-electron chi connectivity index (χ2n) is 6.33. The minimum Gasteiger partial charge on any atom is -0.346 e. The third-order valence-electron chi connectivity index (χ3n) is 4.56. The number of pyridine rings is 1. The lowest BCUT2D eigenvalue weighted by atomic mass is 10.0. The van der Waals surface area contributed by atoms with Gasteiger partial charge in [0, 0.05) is 49.7 Å². The second kappa shape index (κ2) is 6.03. The van der Waals surface area contributed by atoms with Crippen molar-refractivity contribution in [1.82, 2.24) is 19.7 Å². The molecule has 0 saturated carbocycles. The molecule has 2 aromatic heterocycles. The van der Waals surface area contributed by atoms with Gasteiger partial charge in [-0.25, -0.2) is 0 Å². The number of ether oxygens (including phenoxy) is 2. The molecule has 0 amide bonds. The van der Waals surface area contributed by atoms with Crippen LogP contribution in [0.3, 0.4) is 0 Å². The van der Waals surface area contributed by atoms with Gasteiger partial charge in [0.1, 0.15) is 0 Å². The Bertz CT molecular complexity index is 664. The molecule has 0 atom stereocenters. The lowest BCUT2D eigenvalue weighted by Gasteiger charge is -2.38. The maximum atomic E-state index is 5.88. The predicted octanol–water partition coefficient (Wildman–Crippen LogP) is 1.82. The number of aryl methyl sites for hydroxylation is 1. The fourth-order valence-electron chi connectivity index (χ4n) is 3.59. The first-order valence-corrected chi connectivity index (χ1v) is 8.17. The number of hydrogen-bond donors (Lipinski definition) is 0. The van der Waals surface area contributed by atoms with E-state index in [0.717, 1.165) is 43.7 Å². The maximum Gasteiger partial charge on any atom is 0.181 e. The summed E-state index contributed by atoms with van der Waals surface area (Å²) in [7, 11) is 1.97. The van der Waals surface area contributed by atoms with Gasteiger partial charge in [0.05, 0.1) is 25.5 Å². The molecule has 4 heterocycles. The van der Waals surface area contributed by atoms with Gasteiger partial charge in [-0.2, -0.15) is 5.10 Å². The van der Waals surface area contributed by atoms with E-state index < -0.39 is 0 Å². The van der Waals surface area contributed by atoms with Crippen molar-refractivity contribution in [2.24, 2.45) is 7.05 Å². The van der Waals surface area contributed by atoms with Crippen LogP contribution in [0.5, 0.6) is 0 Å². The van der Waals surface area contributed by atoms with Crippen LogP contribution >= 0.6 is 0 Å². The third-order valence-corrected chi connectivity index (χ3v) is 4.56. The summed E-state index contributed by atoms with van der Waals surface area (Å²) in [5.74, 6) is -0.378. The predicted molar refractivity (Wildman–Crippen MR) is 85.6 cm³/mol. The van der Waals surface area contributed by atoms with E-state index in [-0.39, 0.29) is 5.79 Å². The van der Waals surface area contributed by atoms with Gasteiger partial charge in [0.15, 0.2) is 5.79 Å². The monoisotopic (exact) mass is 314 g/mol. The van der Waals surface area contributed by atoms with E-state index in [1.807, 2.05) is 36.3 Å². The van der Waals surface area contributed by atoms with E-state index in [4.69, 9.17) is 9.47 Å². The molecule has 2 saturated heterocycles. The van der Waals surface area contributed by atoms with Crippen LogP contribution in [0.1, 0.15) is 18.4 Å². The van der Waals surface area contributed by atoms with Gasteiger partial charge in [0.2, 0.25) is 0 Å². The van der Waals surface area contributed by atoms with Crippen LogP contribution in [-0.2, 0) is 23.1 Å². The van der Waals surface area contributed by atoms with E-state index in [9.17, 15) is 0 Å². The van der Waals surface area contributed by atoms with Crippen LogP contribution in [0.25, 0.3) is 11.3 Å². The Balaban J connectivity index is 1.55. The number of hydrogen-bond acceptors (Lipinski definition) is 5. The first kappa shape index (κ1) is 14.8. The highest BCUT2D eigenvalue weighted by atomic mass is 16.7. The molecule has 6 nitrogen and oxygen atoms in total. The van der Waals surface area contributed by atoms with Gasteiger partial charge in [0.25, 0.3) is 0 Å². The lowest BCUT2D eigenvalue weighted by Crippen LogP contribution is -2.48. The van der Waals surface area contributed by atoms with Crippen LogP contribution in [0, 0.1) is 0 Å². The van der Waals surface area contributed by atoms with Crippen molar-refractivity contribution < 1.29 is 9.47 Å². The van der Waals surface area contributed by atoms with Crippen LogP contribution in [0.2, 0.25) is 0 Å². The van der Waals surface area contributed by atoms with E-state index in [0.29, 0.717) is 13.2 Å². The first-order valence-electron chi connectivity index (χ1n) is 8.17. The van der Waals surface area contributed by atoms with Crippen molar-refractivity contribution in [3.05, 3.63) is 36.3 Å². The van der Waals surface area contributed by atoms with Gasteiger partial charge in [-0.05, 0) is 25.1 Å². The smallest absolute Gasteiger partial charge is 0.181 e. The minimum absolute atomic E-state index is 0.378. The van der Waals surface area contributed by atoms with E-state index in [2.05, 4.69) is 21.2 Å². The SMILES string of the molecule is Cn1cc(CN2CCCC3(C2)OCCO3)c(-c2ccncc2)n1. The molecule has 2 aromatic rings. The molecule has 4 rings (SSSR count). The van der Waals surface area contributed by atoms with Gasteiger partial charge in [-0.15, -0.1) is 0 Å². The number of piperidine rings is 1. The number of likely N-dealkylation sites (tertiary alicyclic amines) is 1. The summed E-state index contributed by atoms with van der Waals surface area (Å²) < 4.78 is 13.6. The zero-order chi connectivity index (χ0) is 15.7. The third kappa shape index (κ3) is 3.02. The summed E-state index contributed by atoms with van der Waals surface area (Å²) in [5, 5.41) is 4.64. The molecule has 0 unspecified atom stereocenters. The van der Waals surface area contributed by atoms with Crippen molar-refractivity contribution in [1.29, 1.82) is 0 Å². The van der Waals surface area contributed by atoms with Crippen molar-refractivity contribution in [2.45, 2.75) is 25.2 Å². The highest BCUT2D eigenvalue weighted by Crippen LogP contribution is 2.31. The van der Waals surface area contributed by atoms with E-state index in [1.54, 1.807) is 0 Å². The number of nitrogens with zero attached hydrogens (tertiary/aromatic N) is 4. The van der Waals surface area contributed by atoms with Crippen molar-refractivity contribution in [2.75, 3.05) is 26.3 Å². The summed E-state index contributed by atoms with van der Waals surface area (Å²) in [6.45, 7) is 4.18. The average Bonchev–Trinajstić information content (AvgIpc) is 3.15. The molecule has 0 aromatic carbocycles. The molecule has 2 aliphatic rings. The van der Waals surface area contributed by atoms with Gasteiger partial charge in [-0.1, -0.05) is 0 Å². The average molecular weight is 314 g/mol. The lowest BCUT2D eigenvalue weighted by molar-refractivity contribution is -0.190. The molecule has 0 radical (unpaired) electrons. The highest BCUT2D eigenvalue weighted by Gasteiger charge is 2.40. The van der Waals surface area contributed by atoms with Gasteiger partial charge in [-0.3, -0.25) is 14.6 Å². The Labute approximate surface area is 136 Å². The topological polar surface area (TPSA) is 52.4 Å². The number of aromatic nitrogens is 3. The molecular weight excluding hydrogens is 292 g/mol. The largest absolute Gasteiger partial charge is 0.346 e. The summed E-state index contributed by atoms with van der Waals surface area (Å²) in [6, 6.07) is 4.01. The fourth-order valence-corrected chi connectivity index (χ4v) is 3.59. The zero-order valence-corrected chi connectivity index (χ0v) is 13.4. The van der Waals surface area contributed by atoms with E-state index >= 15 is 0 Å².